The van der Waals surface area contributed by atoms with E-state index in [1.165, 1.54) is 11.3 Å². The molecule has 29 heavy (non-hydrogen) atoms. The van der Waals surface area contributed by atoms with Crippen molar-refractivity contribution in [1.29, 1.82) is 5.41 Å². The second-order valence-electron chi connectivity index (χ2n) is 7.28. The predicted molar refractivity (Wildman–Crippen MR) is 120 cm³/mol. The van der Waals surface area contributed by atoms with Crippen LogP contribution in [0.15, 0.2) is 53.4 Å². The molecular weight excluding hydrogens is 402 g/mol. The number of nitrogens with one attached hydrogen (secondary N) is 2. The molecule has 0 aliphatic carbocycles. The first-order valence-corrected chi connectivity index (χ1v) is 11.3. The van der Waals surface area contributed by atoms with Crippen molar-refractivity contribution in [2.75, 3.05) is 13.1 Å². The van der Waals surface area contributed by atoms with Crippen molar-refractivity contribution in [2.24, 2.45) is 5.73 Å². The molecule has 0 bridgehead atoms. The summed E-state index contributed by atoms with van der Waals surface area (Å²) < 4.78 is 1.08. The first kappa shape index (κ1) is 19.9. The van der Waals surface area contributed by atoms with E-state index in [9.17, 15) is 9.90 Å². The number of nitrogen functional groups attached to an aromatic ring is 1. The maximum absolute atomic E-state index is 12.0. The van der Waals surface area contributed by atoms with Crippen LogP contribution in [-0.4, -0.2) is 35.3 Å². The summed E-state index contributed by atoms with van der Waals surface area (Å²) in [6, 6.07) is 15.7. The predicted octanol–water partition coefficient (Wildman–Crippen LogP) is 4.05. The quantitative estimate of drug-likeness (QED) is 0.338. The van der Waals surface area contributed by atoms with Gasteiger partial charge in [0.05, 0.1) is 5.92 Å². The number of hydrogen-bond donors (Lipinski definition) is 4. The SMILES string of the molecule is N=C(N)c1ccc2sc(CC(C(=O)O)c3ccc(S[C@H]4CCNC4)cc3)cc2c1. The number of thioether (sulfide) groups is 1. The van der Waals surface area contributed by atoms with Crippen LogP contribution < -0.4 is 11.1 Å². The van der Waals surface area contributed by atoms with E-state index in [1.807, 2.05) is 60.3 Å². The molecule has 1 aromatic heterocycles. The first-order chi connectivity index (χ1) is 14.0. The number of benzene rings is 2. The summed E-state index contributed by atoms with van der Waals surface area (Å²) in [4.78, 5) is 14.2. The fourth-order valence-electron chi connectivity index (χ4n) is 3.62. The van der Waals surface area contributed by atoms with Gasteiger partial charge in [-0.15, -0.1) is 23.1 Å². The highest BCUT2D eigenvalue weighted by Gasteiger charge is 2.22. The number of carboxylic acid groups (broad SMARTS) is 1. The Bertz CT molecular complexity index is 1040. The lowest BCUT2D eigenvalue weighted by Crippen LogP contribution is -2.14. The maximum Gasteiger partial charge on any atom is 0.311 e. The highest BCUT2D eigenvalue weighted by Crippen LogP contribution is 2.33. The van der Waals surface area contributed by atoms with Gasteiger partial charge in [-0.2, -0.15) is 0 Å². The first-order valence-electron chi connectivity index (χ1n) is 9.56. The van der Waals surface area contributed by atoms with Crippen LogP contribution in [0, 0.1) is 5.41 Å². The number of thiophene rings is 1. The molecule has 2 heterocycles. The molecule has 7 heteroatoms. The van der Waals surface area contributed by atoms with E-state index < -0.39 is 11.9 Å². The number of rotatable bonds is 7. The summed E-state index contributed by atoms with van der Waals surface area (Å²) in [6.07, 6.45) is 1.62. The van der Waals surface area contributed by atoms with Gasteiger partial charge in [-0.3, -0.25) is 10.2 Å². The molecular formula is C22H23N3O2S2. The normalized spacial score (nSPS) is 17.4. The zero-order chi connectivity index (χ0) is 20.4. The van der Waals surface area contributed by atoms with E-state index in [4.69, 9.17) is 11.1 Å². The molecule has 1 fully saturated rings. The van der Waals surface area contributed by atoms with Gasteiger partial charge in [-0.25, -0.2) is 0 Å². The monoisotopic (exact) mass is 425 g/mol. The molecule has 3 aromatic rings. The van der Waals surface area contributed by atoms with Gasteiger partial charge in [0.2, 0.25) is 0 Å². The lowest BCUT2D eigenvalue weighted by Gasteiger charge is -2.13. The van der Waals surface area contributed by atoms with E-state index in [1.54, 1.807) is 11.3 Å². The third-order valence-electron chi connectivity index (χ3n) is 5.18. The van der Waals surface area contributed by atoms with Crippen molar-refractivity contribution in [3.05, 3.63) is 64.5 Å². The Morgan fingerprint density at radius 2 is 2.07 bits per heavy atom. The third kappa shape index (κ3) is 4.63. The van der Waals surface area contributed by atoms with E-state index >= 15 is 0 Å². The molecule has 2 atom stereocenters. The lowest BCUT2D eigenvalue weighted by atomic mass is 9.95. The second kappa shape index (κ2) is 8.57. The zero-order valence-electron chi connectivity index (χ0n) is 15.9. The summed E-state index contributed by atoms with van der Waals surface area (Å²) in [5, 5.41) is 22.4. The molecule has 1 saturated heterocycles. The van der Waals surface area contributed by atoms with Crippen molar-refractivity contribution in [2.45, 2.75) is 28.9 Å². The summed E-state index contributed by atoms with van der Waals surface area (Å²) >= 11 is 3.45. The van der Waals surface area contributed by atoms with Crippen molar-refractivity contribution < 1.29 is 9.90 Å². The number of carboxylic acids is 1. The van der Waals surface area contributed by atoms with Crippen LogP contribution >= 0.6 is 23.1 Å². The largest absolute Gasteiger partial charge is 0.481 e. The minimum absolute atomic E-state index is 0.0365. The Hall–Kier alpha value is -2.35. The minimum atomic E-state index is -0.813. The van der Waals surface area contributed by atoms with E-state index in [-0.39, 0.29) is 5.84 Å². The standard InChI is InChI=1S/C22H23N3O2S2/c23-21(24)14-3-6-20-15(9-14)10-18(29-20)11-19(22(26)27)13-1-4-16(5-2-13)28-17-7-8-25-12-17/h1-6,9-10,17,19,25H,7-8,11-12H2,(H3,23,24)(H,26,27)/t17-,19?/m0/s1. The number of fused-ring (bicyclic) bond motifs is 1. The Labute approximate surface area is 177 Å². The summed E-state index contributed by atoms with van der Waals surface area (Å²) in [5.74, 6) is -1.36. The number of carbonyl (C=O) groups is 1. The maximum atomic E-state index is 12.0. The summed E-state index contributed by atoms with van der Waals surface area (Å²) in [7, 11) is 0. The van der Waals surface area contributed by atoms with Gasteiger partial charge in [0.15, 0.2) is 0 Å². The minimum Gasteiger partial charge on any atom is -0.481 e. The topological polar surface area (TPSA) is 99.2 Å². The van der Waals surface area contributed by atoms with E-state index in [0.29, 0.717) is 17.2 Å². The van der Waals surface area contributed by atoms with Gasteiger partial charge in [0.25, 0.3) is 0 Å². The average molecular weight is 426 g/mol. The van der Waals surface area contributed by atoms with Crippen molar-refractivity contribution in [3.63, 3.8) is 0 Å². The zero-order valence-corrected chi connectivity index (χ0v) is 17.5. The van der Waals surface area contributed by atoms with Crippen LogP contribution in [0.3, 0.4) is 0 Å². The van der Waals surface area contributed by atoms with Crippen molar-refractivity contribution in [1.82, 2.24) is 5.32 Å². The van der Waals surface area contributed by atoms with E-state index in [2.05, 4.69) is 5.32 Å². The molecule has 0 spiro atoms. The highest BCUT2D eigenvalue weighted by molar-refractivity contribution is 8.00. The molecule has 1 unspecified atom stereocenters. The number of amidine groups is 1. The average Bonchev–Trinajstić information content (AvgIpc) is 3.35. The summed E-state index contributed by atoms with van der Waals surface area (Å²) in [5.41, 5.74) is 7.08. The molecule has 150 valence electrons. The summed E-state index contributed by atoms with van der Waals surface area (Å²) in [6.45, 7) is 2.10. The number of nitrogens with two attached hydrogens (primary N) is 1. The van der Waals surface area contributed by atoms with E-state index in [0.717, 1.165) is 33.6 Å². The van der Waals surface area contributed by atoms with Gasteiger partial charge >= 0.3 is 5.97 Å². The Morgan fingerprint density at radius 1 is 1.28 bits per heavy atom. The Morgan fingerprint density at radius 3 is 2.72 bits per heavy atom. The van der Waals surface area contributed by atoms with Crippen LogP contribution in [0.2, 0.25) is 0 Å². The van der Waals surface area contributed by atoms with Crippen molar-refractivity contribution >= 4 is 45.0 Å². The van der Waals surface area contributed by atoms with Crippen LogP contribution in [0.5, 0.6) is 0 Å². The molecule has 1 aliphatic rings. The Balaban J connectivity index is 1.52. The van der Waals surface area contributed by atoms with Crippen LogP contribution in [-0.2, 0) is 11.2 Å². The molecule has 2 aromatic carbocycles. The number of hydrogen-bond acceptors (Lipinski definition) is 5. The number of aliphatic carboxylic acids is 1. The van der Waals surface area contributed by atoms with Gasteiger partial charge < -0.3 is 16.2 Å². The molecule has 1 aliphatic heterocycles. The molecule has 4 rings (SSSR count). The molecule has 5 nitrogen and oxygen atoms in total. The molecule has 0 saturated carbocycles. The van der Waals surface area contributed by atoms with Crippen LogP contribution in [0.1, 0.15) is 28.3 Å². The fourth-order valence-corrected chi connectivity index (χ4v) is 5.82. The van der Waals surface area contributed by atoms with Crippen LogP contribution in [0.25, 0.3) is 10.1 Å². The highest BCUT2D eigenvalue weighted by atomic mass is 32.2. The van der Waals surface area contributed by atoms with Crippen LogP contribution in [0.4, 0.5) is 0 Å². The second-order valence-corrected chi connectivity index (χ2v) is 9.82. The molecule has 5 N–H and O–H groups in total. The van der Waals surface area contributed by atoms with Gasteiger partial charge in [-0.1, -0.05) is 12.1 Å². The molecule has 0 amide bonds. The smallest absolute Gasteiger partial charge is 0.311 e. The van der Waals surface area contributed by atoms with Gasteiger partial charge in [0.1, 0.15) is 5.84 Å². The fraction of sp³-hybridized carbons (Fsp3) is 0.273. The lowest BCUT2D eigenvalue weighted by molar-refractivity contribution is -0.138. The molecule has 0 radical (unpaired) electrons. The third-order valence-corrected chi connectivity index (χ3v) is 7.60. The van der Waals surface area contributed by atoms with Gasteiger partial charge in [-0.05, 0) is 66.7 Å². The van der Waals surface area contributed by atoms with Crippen molar-refractivity contribution in [3.8, 4) is 0 Å². The Kier molecular flexibility index (Phi) is 5.89. The van der Waals surface area contributed by atoms with Gasteiger partial charge in [0, 0.05) is 31.8 Å².